The number of aryl methyl sites for hydroxylation is 1. The van der Waals surface area contributed by atoms with Crippen LogP contribution in [0.25, 0.3) is 11.0 Å². The van der Waals surface area contributed by atoms with Crippen LogP contribution in [0.1, 0.15) is 5.56 Å². The molecule has 4 nitrogen and oxygen atoms in total. The summed E-state index contributed by atoms with van der Waals surface area (Å²) < 4.78 is 10.3. The second-order valence-electron chi connectivity index (χ2n) is 3.17. The first-order chi connectivity index (χ1) is 7.26. The molecule has 0 aliphatic carbocycles. The molecule has 0 saturated carbocycles. The highest BCUT2D eigenvalue weighted by atomic mass is 16.5. The van der Waals surface area contributed by atoms with Gasteiger partial charge in [0.15, 0.2) is 0 Å². The molecule has 0 unspecified atom stereocenters. The molecular formula is C11H12N2O2. The van der Waals surface area contributed by atoms with Crippen molar-refractivity contribution < 1.29 is 9.47 Å². The molecule has 15 heavy (non-hydrogen) atoms. The van der Waals surface area contributed by atoms with Crippen molar-refractivity contribution in [3.8, 4) is 11.6 Å². The first-order valence-electron chi connectivity index (χ1n) is 4.60. The molecule has 0 aromatic carbocycles. The number of hydrogen-bond acceptors (Lipinski definition) is 4. The SMILES string of the molecule is COc1ccc2ncc(OC)c(C)c2n1. The van der Waals surface area contributed by atoms with E-state index >= 15 is 0 Å². The minimum absolute atomic E-state index is 0.584. The highest BCUT2D eigenvalue weighted by molar-refractivity contribution is 5.80. The number of ether oxygens (including phenoxy) is 2. The summed E-state index contributed by atoms with van der Waals surface area (Å²) in [4.78, 5) is 8.58. The van der Waals surface area contributed by atoms with Crippen LogP contribution >= 0.6 is 0 Å². The predicted molar refractivity (Wildman–Crippen MR) is 57.4 cm³/mol. The standard InChI is InChI=1S/C11H12N2O2/c1-7-9(14-2)6-12-8-4-5-10(15-3)13-11(7)8/h4-6H,1-3H3. The highest BCUT2D eigenvalue weighted by Gasteiger charge is 2.07. The molecule has 2 aromatic rings. The molecule has 0 bridgehead atoms. The number of pyridine rings is 2. The van der Waals surface area contributed by atoms with Gasteiger partial charge in [0.25, 0.3) is 0 Å². The average molecular weight is 204 g/mol. The molecule has 2 heterocycles. The lowest BCUT2D eigenvalue weighted by Gasteiger charge is -2.07. The van der Waals surface area contributed by atoms with E-state index < -0.39 is 0 Å². The maximum absolute atomic E-state index is 5.18. The van der Waals surface area contributed by atoms with Gasteiger partial charge in [0.05, 0.1) is 31.4 Å². The van der Waals surface area contributed by atoms with Crippen LogP contribution < -0.4 is 9.47 Å². The van der Waals surface area contributed by atoms with Crippen LogP contribution in [-0.4, -0.2) is 24.2 Å². The normalized spacial score (nSPS) is 10.3. The zero-order chi connectivity index (χ0) is 10.8. The fourth-order valence-electron chi connectivity index (χ4n) is 1.48. The Kier molecular flexibility index (Phi) is 2.41. The van der Waals surface area contributed by atoms with Gasteiger partial charge in [0.1, 0.15) is 5.75 Å². The molecule has 0 radical (unpaired) electrons. The van der Waals surface area contributed by atoms with Gasteiger partial charge in [0.2, 0.25) is 5.88 Å². The topological polar surface area (TPSA) is 44.2 Å². The third-order valence-corrected chi connectivity index (χ3v) is 2.32. The summed E-state index contributed by atoms with van der Waals surface area (Å²) >= 11 is 0. The van der Waals surface area contributed by atoms with Gasteiger partial charge in [-0.25, -0.2) is 4.98 Å². The summed E-state index contributed by atoms with van der Waals surface area (Å²) in [6.45, 7) is 1.95. The van der Waals surface area contributed by atoms with E-state index in [1.54, 1.807) is 26.5 Å². The van der Waals surface area contributed by atoms with E-state index in [0.717, 1.165) is 22.3 Å². The number of nitrogens with zero attached hydrogens (tertiary/aromatic N) is 2. The lowest BCUT2D eigenvalue weighted by molar-refractivity contribution is 0.398. The molecule has 0 amide bonds. The molecule has 0 saturated heterocycles. The van der Waals surface area contributed by atoms with Gasteiger partial charge in [-0.15, -0.1) is 0 Å². The molecule has 0 atom stereocenters. The van der Waals surface area contributed by atoms with Crippen molar-refractivity contribution in [2.24, 2.45) is 0 Å². The third-order valence-electron chi connectivity index (χ3n) is 2.32. The van der Waals surface area contributed by atoms with Gasteiger partial charge >= 0.3 is 0 Å². The van der Waals surface area contributed by atoms with Crippen LogP contribution in [0.4, 0.5) is 0 Å². The summed E-state index contributed by atoms with van der Waals surface area (Å²) in [5.41, 5.74) is 2.63. The van der Waals surface area contributed by atoms with E-state index in [0.29, 0.717) is 5.88 Å². The third kappa shape index (κ3) is 1.58. The molecule has 2 rings (SSSR count). The molecule has 78 valence electrons. The Labute approximate surface area is 87.9 Å². The fourth-order valence-corrected chi connectivity index (χ4v) is 1.48. The number of fused-ring (bicyclic) bond motifs is 1. The van der Waals surface area contributed by atoms with Crippen LogP contribution in [0.15, 0.2) is 18.3 Å². The summed E-state index contributed by atoms with van der Waals surface area (Å²) in [7, 11) is 3.22. The molecule has 2 aromatic heterocycles. The molecule has 4 heteroatoms. The second-order valence-corrected chi connectivity index (χ2v) is 3.17. The summed E-state index contributed by atoms with van der Waals surface area (Å²) in [5, 5.41) is 0. The Balaban J connectivity index is 2.72. The number of hydrogen-bond donors (Lipinski definition) is 0. The van der Waals surface area contributed by atoms with E-state index in [1.807, 2.05) is 13.0 Å². The smallest absolute Gasteiger partial charge is 0.213 e. The lowest BCUT2D eigenvalue weighted by atomic mass is 10.2. The molecule has 0 spiro atoms. The van der Waals surface area contributed by atoms with Crippen molar-refractivity contribution in [1.82, 2.24) is 9.97 Å². The van der Waals surface area contributed by atoms with E-state index in [4.69, 9.17) is 9.47 Å². The Morgan fingerprint density at radius 3 is 2.60 bits per heavy atom. The zero-order valence-electron chi connectivity index (χ0n) is 8.94. The Morgan fingerprint density at radius 1 is 1.13 bits per heavy atom. The highest BCUT2D eigenvalue weighted by Crippen LogP contribution is 2.24. The summed E-state index contributed by atoms with van der Waals surface area (Å²) in [5.74, 6) is 1.32. The van der Waals surface area contributed by atoms with Crippen molar-refractivity contribution in [3.63, 3.8) is 0 Å². The van der Waals surface area contributed by atoms with Crippen LogP contribution in [0.2, 0.25) is 0 Å². The minimum Gasteiger partial charge on any atom is -0.495 e. The first kappa shape index (κ1) is 9.71. The van der Waals surface area contributed by atoms with Gasteiger partial charge in [0, 0.05) is 11.6 Å². The Bertz CT molecular complexity index is 492. The largest absolute Gasteiger partial charge is 0.495 e. The molecular weight excluding hydrogens is 192 g/mol. The zero-order valence-corrected chi connectivity index (χ0v) is 8.94. The van der Waals surface area contributed by atoms with Crippen molar-refractivity contribution in [3.05, 3.63) is 23.9 Å². The van der Waals surface area contributed by atoms with Gasteiger partial charge in [-0.2, -0.15) is 0 Å². The second kappa shape index (κ2) is 3.73. The van der Waals surface area contributed by atoms with Crippen LogP contribution in [0, 0.1) is 6.92 Å². The van der Waals surface area contributed by atoms with Gasteiger partial charge in [-0.05, 0) is 13.0 Å². The number of aromatic nitrogens is 2. The van der Waals surface area contributed by atoms with E-state index in [2.05, 4.69) is 9.97 Å². The molecule has 0 fully saturated rings. The predicted octanol–water partition coefficient (Wildman–Crippen LogP) is 1.96. The molecule has 0 aliphatic heterocycles. The van der Waals surface area contributed by atoms with Crippen LogP contribution in [0.5, 0.6) is 11.6 Å². The minimum atomic E-state index is 0.584. The molecule has 0 aliphatic rings. The fraction of sp³-hybridized carbons (Fsp3) is 0.273. The Hall–Kier alpha value is -1.84. The van der Waals surface area contributed by atoms with E-state index in [1.165, 1.54) is 0 Å². The van der Waals surface area contributed by atoms with Crippen molar-refractivity contribution in [1.29, 1.82) is 0 Å². The summed E-state index contributed by atoms with van der Waals surface area (Å²) in [6, 6.07) is 3.68. The van der Waals surface area contributed by atoms with Gasteiger partial charge in [-0.3, -0.25) is 4.98 Å². The monoisotopic (exact) mass is 204 g/mol. The lowest BCUT2D eigenvalue weighted by Crippen LogP contribution is -1.94. The quantitative estimate of drug-likeness (QED) is 0.750. The number of methoxy groups -OCH3 is 2. The average Bonchev–Trinajstić information content (AvgIpc) is 2.29. The van der Waals surface area contributed by atoms with Gasteiger partial charge in [-0.1, -0.05) is 0 Å². The van der Waals surface area contributed by atoms with Crippen molar-refractivity contribution in [2.75, 3.05) is 14.2 Å². The van der Waals surface area contributed by atoms with Crippen molar-refractivity contribution in [2.45, 2.75) is 6.92 Å². The molecule has 0 N–H and O–H groups in total. The van der Waals surface area contributed by atoms with E-state index in [9.17, 15) is 0 Å². The first-order valence-corrected chi connectivity index (χ1v) is 4.60. The van der Waals surface area contributed by atoms with Crippen molar-refractivity contribution >= 4 is 11.0 Å². The summed E-state index contributed by atoms with van der Waals surface area (Å²) in [6.07, 6.45) is 1.70. The van der Waals surface area contributed by atoms with Crippen LogP contribution in [-0.2, 0) is 0 Å². The Morgan fingerprint density at radius 2 is 1.93 bits per heavy atom. The maximum atomic E-state index is 5.18. The van der Waals surface area contributed by atoms with Crippen LogP contribution in [0.3, 0.4) is 0 Å². The van der Waals surface area contributed by atoms with E-state index in [-0.39, 0.29) is 0 Å². The van der Waals surface area contributed by atoms with Gasteiger partial charge < -0.3 is 9.47 Å². The number of rotatable bonds is 2. The maximum Gasteiger partial charge on any atom is 0.213 e.